The van der Waals surface area contributed by atoms with Gasteiger partial charge in [0.2, 0.25) is 0 Å². The second-order valence-corrected chi connectivity index (χ2v) is 5.51. The molecule has 0 aliphatic heterocycles. The summed E-state index contributed by atoms with van der Waals surface area (Å²) in [6, 6.07) is 13.4. The summed E-state index contributed by atoms with van der Waals surface area (Å²) in [6.45, 7) is 4.56. The molecule has 0 fully saturated rings. The van der Waals surface area contributed by atoms with Crippen molar-refractivity contribution in [1.29, 1.82) is 0 Å². The van der Waals surface area contributed by atoms with Crippen LogP contribution in [0.1, 0.15) is 16.7 Å². The van der Waals surface area contributed by atoms with Gasteiger partial charge in [-0.2, -0.15) is 0 Å². The zero-order valence-electron chi connectivity index (χ0n) is 12.2. The van der Waals surface area contributed by atoms with Gasteiger partial charge in [0.25, 0.3) is 0 Å². The van der Waals surface area contributed by atoms with E-state index in [0.29, 0.717) is 6.54 Å². The Kier molecular flexibility index (Phi) is 5.23. The molecule has 3 nitrogen and oxygen atoms in total. The fourth-order valence-corrected chi connectivity index (χ4v) is 2.13. The van der Waals surface area contributed by atoms with E-state index < -0.39 is 0 Å². The van der Waals surface area contributed by atoms with Gasteiger partial charge >= 0.3 is 6.03 Å². The van der Waals surface area contributed by atoms with Gasteiger partial charge in [-0.05, 0) is 55.2 Å². The Morgan fingerprint density at radius 3 is 2.52 bits per heavy atom. The van der Waals surface area contributed by atoms with E-state index in [0.717, 1.165) is 33.8 Å². The fraction of sp³-hybridized carbons (Fsp3) is 0.235. The predicted octanol–water partition coefficient (Wildman–Crippen LogP) is 4.32. The molecule has 0 saturated carbocycles. The number of nitrogens with one attached hydrogen (secondary N) is 2. The molecular weight excluding hydrogens is 284 g/mol. The highest BCUT2D eigenvalue weighted by atomic mass is 35.5. The number of anilines is 1. The van der Waals surface area contributed by atoms with Crippen LogP contribution in [0.5, 0.6) is 0 Å². The van der Waals surface area contributed by atoms with Gasteiger partial charge < -0.3 is 10.6 Å². The van der Waals surface area contributed by atoms with Crippen LogP contribution in [0.15, 0.2) is 42.5 Å². The Morgan fingerprint density at radius 2 is 1.81 bits per heavy atom. The average molecular weight is 303 g/mol. The van der Waals surface area contributed by atoms with Gasteiger partial charge in [0.05, 0.1) is 0 Å². The minimum Gasteiger partial charge on any atom is -0.338 e. The van der Waals surface area contributed by atoms with Crippen LogP contribution in [0.2, 0.25) is 5.02 Å². The van der Waals surface area contributed by atoms with Gasteiger partial charge in [-0.3, -0.25) is 0 Å². The van der Waals surface area contributed by atoms with Crippen molar-refractivity contribution in [2.45, 2.75) is 20.3 Å². The maximum atomic E-state index is 11.9. The molecule has 4 heteroatoms. The van der Waals surface area contributed by atoms with E-state index >= 15 is 0 Å². The van der Waals surface area contributed by atoms with E-state index in [1.165, 1.54) is 0 Å². The van der Waals surface area contributed by atoms with Crippen molar-refractivity contribution < 1.29 is 4.79 Å². The van der Waals surface area contributed by atoms with E-state index in [-0.39, 0.29) is 6.03 Å². The van der Waals surface area contributed by atoms with Crippen molar-refractivity contribution in [2.75, 3.05) is 11.9 Å². The molecule has 0 heterocycles. The number of hydrogen-bond donors (Lipinski definition) is 2. The third-order valence-electron chi connectivity index (χ3n) is 3.25. The maximum absolute atomic E-state index is 11.9. The highest BCUT2D eigenvalue weighted by molar-refractivity contribution is 6.30. The summed E-state index contributed by atoms with van der Waals surface area (Å²) in [5.74, 6) is 0. The number of carbonyl (C=O) groups excluding carboxylic acids is 1. The predicted molar refractivity (Wildman–Crippen MR) is 88.1 cm³/mol. The molecule has 0 saturated heterocycles. The average Bonchev–Trinajstić information content (AvgIpc) is 2.45. The number of rotatable bonds is 4. The molecule has 21 heavy (non-hydrogen) atoms. The standard InChI is InChI=1S/C17H19ClN2O/c1-12-3-4-13(2)16(11-12)20-17(21)19-10-9-14-5-7-15(18)8-6-14/h3-8,11H,9-10H2,1-2H3,(H2,19,20,21). The topological polar surface area (TPSA) is 41.1 Å². The molecule has 2 aromatic rings. The molecule has 0 radical (unpaired) electrons. The van der Waals surface area contributed by atoms with Crippen LogP contribution in [0.4, 0.5) is 10.5 Å². The van der Waals surface area contributed by atoms with Crippen LogP contribution >= 0.6 is 11.6 Å². The van der Waals surface area contributed by atoms with Crippen LogP contribution in [0.25, 0.3) is 0 Å². The van der Waals surface area contributed by atoms with Gasteiger partial charge in [0.15, 0.2) is 0 Å². The zero-order valence-corrected chi connectivity index (χ0v) is 13.0. The van der Waals surface area contributed by atoms with Crippen molar-refractivity contribution in [3.05, 3.63) is 64.2 Å². The van der Waals surface area contributed by atoms with E-state index in [4.69, 9.17) is 11.6 Å². The lowest BCUT2D eigenvalue weighted by molar-refractivity contribution is 0.252. The third-order valence-corrected chi connectivity index (χ3v) is 3.51. The van der Waals surface area contributed by atoms with Crippen LogP contribution in [-0.4, -0.2) is 12.6 Å². The summed E-state index contributed by atoms with van der Waals surface area (Å²) in [6.07, 6.45) is 0.775. The second kappa shape index (κ2) is 7.14. The van der Waals surface area contributed by atoms with Crippen molar-refractivity contribution in [2.24, 2.45) is 0 Å². The minimum absolute atomic E-state index is 0.183. The van der Waals surface area contributed by atoms with Crippen LogP contribution in [-0.2, 0) is 6.42 Å². The lowest BCUT2D eigenvalue weighted by Gasteiger charge is -2.10. The van der Waals surface area contributed by atoms with E-state index in [1.54, 1.807) is 0 Å². The summed E-state index contributed by atoms with van der Waals surface area (Å²) in [4.78, 5) is 11.9. The van der Waals surface area contributed by atoms with E-state index in [1.807, 2.05) is 56.3 Å². The molecule has 0 spiro atoms. The maximum Gasteiger partial charge on any atom is 0.319 e. The normalized spacial score (nSPS) is 10.2. The molecule has 2 N–H and O–H groups in total. The van der Waals surface area contributed by atoms with Gasteiger partial charge in [0, 0.05) is 17.3 Å². The lowest BCUT2D eigenvalue weighted by Crippen LogP contribution is -2.30. The molecule has 2 rings (SSSR count). The summed E-state index contributed by atoms with van der Waals surface area (Å²) < 4.78 is 0. The van der Waals surface area contributed by atoms with E-state index in [2.05, 4.69) is 10.6 Å². The Balaban J connectivity index is 1.82. The van der Waals surface area contributed by atoms with Crippen molar-refractivity contribution in [1.82, 2.24) is 5.32 Å². The second-order valence-electron chi connectivity index (χ2n) is 5.08. The monoisotopic (exact) mass is 302 g/mol. The molecule has 2 amide bonds. The molecule has 0 unspecified atom stereocenters. The Bertz CT molecular complexity index is 623. The highest BCUT2D eigenvalue weighted by Crippen LogP contribution is 2.16. The third kappa shape index (κ3) is 4.80. The first-order chi connectivity index (χ1) is 10.0. The molecule has 0 aliphatic rings. The Hall–Kier alpha value is -2.00. The molecule has 0 atom stereocenters. The quantitative estimate of drug-likeness (QED) is 0.867. The van der Waals surface area contributed by atoms with Crippen molar-refractivity contribution >= 4 is 23.3 Å². The number of amides is 2. The van der Waals surface area contributed by atoms with Crippen molar-refractivity contribution in [3.8, 4) is 0 Å². The largest absolute Gasteiger partial charge is 0.338 e. The van der Waals surface area contributed by atoms with Crippen LogP contribution < -0.4 is 10.6 Å². The number of carbonyl (C=O) groups is 1. The van der Waals surface area contributed by atoms with Gasteiger partial charge in [0.1, 0.15) is 0 Å². The fourth-order valence-electron chi connectivity index (χ4n) is 2.01. The molecule has 110 valence electrons. The Morgan fingerprint density at radius 1 is 1.10 bits per heavy atom. The van der Waals surface area contributed by atoms with Gasteiger partial charge in [-0.25, -0.2) is 4.79 Å². The SMILES string of the molecule is Cc1ccc(C)c(NC(=O)NCCc2ccc(Cl)cc2)c1. The summed E-state index contributed by atoms with van der Waals surface area (Å²) in [5.41, 5.74) is 4.16. The number of urea groups is 1. The lowest BCUT2D eigenvalue weighted by atomic mass is 10.1. The minimum atomic E-state index is -0.183. The van der Waals surface area contributed by atoms with Crippen molar-refractivity contribution in [3.63, 3.8) is 0 Å². The summed E-state index contributed by atoms with van der Waals surface area (Å²) >= 11 is 5.83. The number of aryl methyl sites for hydroxylation is 2. The molecule has 0 bridgehead atoms. The van der Waals surface area contributed by atoms with E-state index in [9.17, 15) is 4.79 Å². The van der Waals surface area contributed by atoms with Gasteiger partial charge in [-0.1, -0.05) is 35.9 Å². The smallest absolute Gasteiger partial charge is 0.319 e. The first kappa shape index (κ1) is 15.4. The van der Waals surface area contributed by atoms with Gasteiger partial charge in [-0.15, -0.1) is 0 Å². The number of benzene rings is 2. The zero-order chi connectivity index (χ0) is 15.2. The number of halogens is 1. The molecule has 2 aromatic carbocycles. The first-order valence-electron chi connectivity index (χ1n) is 6.91. The Labute approximate surface area is 130 Å². The number of hydrogen-bond acceptors (Lipinski definition) is 1. The summed E-state index contributed by atoms with van der Waals surface area (Å²) in [7, 11) is 0. The molecule has 0 aliphatic carbocycles. The first-order valence-corrected chi connectivity index (χ1v) is 7.29. The summed E-state index contributed by atoms with van der Waals surface area (Å²) in [5, 5.41) is 6.45. The van der Waals surface area contributed by atoms with Crippen LogP contribution in [0.3, 0.4) is 0 Å². The molecular formula is C17H19ClN2O. The highest BCUT2D eigenvalue weighted by Gasteiger charge is 2.04. The van der Waals surface area contributed by atoms with Crippen LogP contribution in [0, 0.1) is 13.8 Å². The molecule has 0 aromatic heterocycles.